The van der Waals surface area contributed by atoms with Gasteiger partial charge < -0.3 is 15.4 Å². The van der Waals surface area contributed by atoms with Gasteiger partial charge in [-0.25, -0.2) is 4.79 Å². The lowest BCUT2D eigenvalue weighted by Crippen LogP contribution is -2.48. The second-order valence-electron chi connectivity index (χ2n) is 7.74. The van der Waals surface area contributed by atoms with Crippen molar-refractivity contribution in [3.8, 4) is 0 Å². The fourth-order valence-corrected chi connectivity index (χ4v) is 3.45. The molecule has 3 atom stereocenters. The maximum Gasteiger partial charge on any atom is 0.407 e. The topological polar surface area (TPSA) is 50.4 Å². The quantitative estimate of drug-likeness (QED) is 0.771. The van der Waals surface area contributed by atoms with Gasteiger partial charge in [-0.05, 0) is 59.3 Å². The third-order valence-electron chi connectivity index (χ3n) is 4.65. The lowest BCUT2D eigenvalue weighted by Gasteiger charge is -2.34. The molecule has 4 heteroatoms. The fraction of sp³-hybridized carbons (Fsp3) is 0.944. The Morgan fingerprint density at radius 1 is 1.18 bits per heavy atom. The van der Waals surface area contributed by atoms with Crippen LogP contribution in [-0.2, 0) is 4.74 Å². The largest absolute Gasteiger partial charge is 0.444 e. The first kappa shape index (κ1) is 19.3. The first-order valence-electron chi connectivity index (χ1n) is 9.00. The van der Waals surface area contributed by atoms with Crippen molar-refractivity contribution in [2.24, 2.45) is 5.92 Å². The van der Waals surface area contributed by atoms with E-state index in [9.17, 15) is 4.79 Å². The van der Waals surface area contributed by atoms with E-state index in [-0.39, 0.29) is 12.1 Å². The third kappa shape index (κ3) is 6.99. The Kier molecular flexibility index (Phi) is 7.67. The van der Waals surface area contributed by atoms with Gasteiger partial charge in [-0.15, -0.1) is 0 Å². The minimum Gasteiger partial charge on any atom is -0.444 e. The number of ether oxygens (including phenoxy) is 1. The van der Waals surface area contributed by atoms with Crippen LogP contribution in [0, 0.1) is 5.92 Å². The minimum absolute atomic E-state index is 0.231. The molecule has 0 radical (unpaired) electrons. The van der Waals surface area contributed by atoms with E-state index in [2.05, 4.69) is 31.4 Å². The first-order chi connectivity index (χ1) is 10.2. The van der Waals surface area contributed by atoms with Gasteiger partial charge in [0, 0.05) is 18.1 Å². The molecule has 0 spiro atoms. The lowest BCUT2D eigenvalue weighted by molar-refractivity contribution is 0.0487. The van der Waals surface area contributed by atoms with Crippen molar-refractivity contribution in [1.82, 2.24) is 10.6 Å². The van der Waals surface area contributed by atoms with Gasteiger partial charge in [0.1, 0.15) is 5.60 Å². The van der Waals surface area contributed by atoms with E-state index in [1.165, 1.54) is 19.3 Å². The molecule has 0 aromatic carbocycles. The second-order valence-corrected chi connectivity index (χ2v) is 7.74. The Morgan fingerprint density at radius 2 is 1.77 bits per heavy atom. The highest BCUT2D eigenvalue weighted by atomic mass is 16.6. The number of nitrogens with one attached hydrogen (secondary N) is 2. The van der Waals surface area contributed by atoms with Crippen molar-refractivity contribution >= 4 is 6.09 Å². The van der Waals surface area contributed by atoms with Gasteiger partial charge in [-0.3, -0.25) is 0 Å². The average molecular weight is 312 g/mol. The number of hydrogen-bond acceptors (Lipinski definition) is 3. The Morgan fingerprint density at radius 3 is 2.32 bits per heavy atom. The van der Waals surface area contributed by atoms with E-state index in [0.29, 0.717) is 12.1 Å². The molecule has 130 valence electrons. The highest BCUT2D eigenvalue weighted by molar-refractivity contribution is 5.68. The van der Waals surface area contributed by atoms with Crippen molar-refractivity contribution in [3.05, 3.63) is 0 Å². The molecule has 0 aromatic rings. The molecule has 1 aliphatic rings. The lowest BCUT2D eigenvalue weighted by atomic mass is 9.88. The maximum absolute atomic E-state index is 11.9. The number of hydrogen-bond donors (Lipinski definition) is 2. The predicted molar refractivity (Wildman–Crippen MR) is 92.1 cm³/mol. The fourth-order valence-electron chi connectivity index (χ4n) is 3.45. The molecule has 0 saturated heterocycles. The standard InChI is InChI=1S/C18H36N2O2/c1-7-14(8-2)13(3)19-15-10-9-11-16(12-15)20-17(21)22-18(4,5)6/h13-16,19H,7-12H2,1-6H3,(H,20,21). The van der Waals surface area contributed by atoms with Gasteiger partial charge in [0.2, 0.25) is 0 Å². The predicted octanol–water partition coefficient (Wildman–Crippen LogP) is 4.24. The smallest absolute Gasteiger partial charge is 0.407 e. The molecule has 4 nitrogen and oxygen atoms in total. The highest BCUT2D eigenvalue weighted by Crippen LogP contribution is 2.22. The van der Waals surface area contributed by atoms with Gasteiger partial charge in [0.15, 0.2) is 0 Å². The van der Waals surface area contributed by atoms with Crippen molar-refractivity contribution in [2.75, 3.05) is 0 Å². The molecule has 1 fully saturated rings. The van der Waals surface area contributed by atoms with Crippen molar-refractivity contribution in [2.45, 2.75) is 104 Å². The third-order valence-corrected chi connectivity index (χ3v) is 4.65. The van der Waals surface area contributed by atoms with E-state index in [1.807, 2.05) is 20.8 Å². The summed E-state index contributed by atoms with van der Waals surface area (Å²) in [5.74, 6) is 0.735. The molecule has 0 bridgehead atoms. The van der Waals surface area contributed by atoms with Crippen LogP contribution in [-0.4, -0.2) is 29.8 Å². The Bertz CT molecular complexity index is 334. The number of rotatable bonds is 6. The van der Waals surface area contributed by atoms with Gasteiger partial charge >= 0.3 is 6.09 Å². The Balaban J connectivity index is 2.42. The summed E-state index contributed by atoms with van der Waals surface area (Å²) in [7, 11) is 0. The van der Waals surface area contributed by atoms with Crippen LogP contribution < -0.4 is 10.6 Å². The molecule has 1 saturated carbocycles. The molecule has 1 aliphatic carbocycles. The van der Waals surface area contributed by atoms with Crippen molar-refractivity contribution in [1.29, 1.82) is 0 Å². The Hall–Kier alpha value is -0.770. The van der Waals surface area contributed by atoms with Crippen LogP contribution >= 0.6 is 0 Å². The summed E-state index contributed by atoms with van der Waals surface area (Å²) in [5.41, 5.74) is -0.430. The van der Waals surface area contributed by atoms with E-state index in [4.69, 9.17) is 4.74 Å². The van der Waals surface area contributed by atoms with Gasteiger partial charge in [0.05, 0.1) is 0 Å². The molecule has 0 aromatic heterocycles. The number of alkyl carbamates (subject to hydrolysis) is 1. The molecular weight excluding hydrogens is 276 g/mol. The highest BCUT2D eigenvalue weighted by Gasteiger charge is 2.27. The molecule has 1 rings (SSSR count). The van der Waals surface area contributed by atoms with Crippen LogP contribution in [0.3, 0.4) is 0 Å². The summed E-state index contributed by atoms with van der Waals surface area (Å²) in [6, 6.07) is 1.28. The minimum atomic E-state index is -0.430. The van der Waals surface area contributed by atoms with E-state index in [0.717, 1.165) is 25.2 Å². The molecule has 0 heterocycles. The zero-order chi connectivity index (χ0) is 16.8. The molecule has 1 amide bonds. The normalized spacial score (nSPS) is 24.1. The Labute approximate surface area is 136 Å². The zero-order valence-electron chi connectivity index (χ0n) is 15.4. The van der Waals surface area contributed by atoms with E-state index in [1.54, 1.807) is 0 Å². The van der Waals surface area contributed by atoms with Gasteiger partial charge in [-0.2, -0.15) is 0 Å². The van der Waals surface area contributed by atoms with Crippen molar-refractivity contribution < 1.29 is 9.53 Å². The molecule has 0 aliphatic heterocycles. The summed E-state index contributed by atoms with van der Waals surface area (Å²) in [6.45, 7) is 12.5. The van der Waals surface area contributed by atoms with Crippen LogP contribution in [0.25, 0.3) is 0 Å². The molecule has 2 N–H and O–H groups in total. The number of carbonyl (C=O) groups is 1. The molecule has 3 unspecified atom stereocenters. The van der Waals surface area contributed by atoms with Crippen LogP contribution in [0.15, 0.2) is 0 Å². The van der Waals surface area contributed by atoms with Crippen LogP contribution in [0.1, 0.15) is 80.1 Å². The van der Waals surface area contributed by atoms with E-state index >= 15 is 0 Å². The summed E-state index contributed by atoms with van der Waals surface area (Å²) in [4.78, 5) is 11.9. The summed E-state index contributed by atoms with van der Waals surface area (Å²) in [6.07, 6.45) is 6.57. The SMILES string of the molecule is CCC(CC)C(C)NC1CCCC(NC(=O)OC(C)(C)C)C1. The summed E-state index contributed by atoms with van der Waals surface area (Å²) >= 11 is 0. The number of amides is 1. The van der Waals surface area contributed by atoms with Crippen LogP contribution in [0.4, 0.5) is 4.79 Å². The molecular formula is C18H36N2O2. The molecule has 22 heavy (non-hydrogen) atoms. The average Bonchev–Trinajstić information content (AvgIpc) is 2.38. The number of carbonyl (C=O) groups excluding carboxylic acids is 1. The van der Waals surface area contributed by atoms with Crippen LogP contribution in [0.2, 0.25) is 0 Å². The second kappa shape index (κ2) is 8.76. The van der Waals surface area contributed by atoms with Gasteiger partial charge in [0.25, 0.3) is 0 Å². The first-order valence-corrected chi connectivity index (χ1v) is 9.00. The summed E-state index contributed by atoms with van der Waals surface area (Å²) in [5, 5.41) is 6.81. The van der Waals surface area contributed by atoms with E-state index < -0.39 is 5.60 Å². The zero-order valence-corrected chi connectivity index (χ0v) is 15.4. The van der Waals surface area contributed by atoms with Crippen LogP contribution in [0.5, 0.6) is 0 Å². The van der Waals surface area contributed by atoms with Gasteiger partial charge in [-0.1, -0.05) is 26.7 Å². The van der Waals surface area contributed by atoms with Crippen molar-refractivity contribution in [3.63, 3.8) is 0 Å². The monoisotopic (exact) mass is 312 g/mol. The maximum atomic E-state index is 11.9. The summed E-state index contributed by atoms with van der Waals surface area (Å²) < 4.78 is 5.36.